The second kappa shape index (κ2) is 5.65. The van der Waals surface area contributed by atoms with Crippen LogP contribution in [0.1, 0.15) is 11.1 Å². The Bertz CT molecular complexity index is 710. The average Bonchev–Trinajstić information content (AvgIpc) is 2.92. The number of fused-ring (bicyclic) bond motifs is 1. The van der Waals surface area contributed by atoms with Gasteiger partial charge in [-0.3, -0.25) is 4.90 Å². The quantitative estimate of drug-likeness (QED) is 0.676. The number of furan rings is 1. The maximum atomic E-state index is 6.27. The van der Waals surface area contributed by atoms with Crippen molar-refractivity contribution in [3.8, 4) is 0 Å². The molecular formula is C16H15ClN2O. The maximum Gasteiger partial charge on any atom is 0.134 e. The number of hydrogen-bond donors (Lipinski definition) is 0. The zero-order valence-electron chi connectivity index (χ0n) is 11.2. The lowest BCUT2D eigenvalue weighted by Gasteiger charge is -2.16. The van der Waals surface area contributed by atoms with Crippen molar-refractivity contribution in [1.29, 1.82) is 0 Å². The lowest BCUT2D eigenvalue weighted by Crippen LogP contribution is -2.17. The van der Waals surface area contributed by atoms with Crippen LogP contribution in [0.2, 0.25) is 5.15 Å². The van der Waals surface area contributed by atoms with Gasteiger partial charge in [0.15, 0.2) is 0 Å². The Hall–Kier alpha value is -1.84. The minimum absolute atomic E-state index is 0.572. The van der Waals surface area contributed by atoms with Gasteiger partial charge in [0.2, 0.25) is 0 Å². The lowest BCUT2D eigenvalue weighted by molar-refractivity contribution is 0.317. The van der Waals surface area contributed by atoms with Crippen LogP contribution in [0.3, 0.4) is 0 Å². The van der Waals surface area contributed by atoms with Gasteiger partial charge in [0.25, 0.3) is 0 Å². The highest BCUT2D eigenvalue weighted by Crippen LogP contribution is 2.22. The van der Waals surface area contributed by atoms with E-state index < -0.39 is 0 Å². The maximum absolute atomic E-state index is 6.27. The molecule has 3 rings (SSSR count). The molecule has 0 N–H and O–H groups in total. The van der Waals surface area contributed by atoms with Crippen LogP contribution in [0.4, 0.5) is 0 Å². The highest BCUT2D eigenvalue weighted by Gasteiger charge is 2.08. The molecule has 0 radical (unpaired) electrons. The monoisotopic (exact) mass is 286 g/mol. The normalized spacial score (nSPS) is 11.3. The summed E-state index contributed by atoms with van der Waals surface area (Å²) >= 11 is 6.27. The number of pyridine rings is 1. The number of nitrogens with zero attached hydrogens (tertiary/aromatic N) is 2. The van der Waals surface area contributed by atoms with Gasteiger partial charge in [-0.05, 0) is 25.2 Å². The highest BCUT2D eigenvalue weighted by atomic mass is 35.5. The van der Waals surface area contributed by atoms with Gasteiger partial charge in [-0.2, -0.15) is 0 Å². The van der Waals surface area contributed by atoms with Gasteiger partial charge < -0.3 is 4.42 Å². The first kappa shape index (κ1) is 13.2. The lowest BCUT2D eigenvalue weighted by atomic mass is 10.1. The van der Waals surface area contributed by atoms with Crippen LogP contribution in [0.25, 0.3) is 10.9 Å². The van der Waals surface area contributed by atoms with E-state index in [1.54, 1.807) is 12.5 Å². The molecule has 0 atom stereocenters. The van der Waals surface area contributed by atoms with Gasteiger partial charge in [0.1, 0.15) is 5.15 Å². The van der Waals surface area contributed by atoms with E-state index in [2.05, 4.69) is 29.1 Å². The molecule has 0 saturated carbocycles. The van der Waals surface area contributed by atoms with Gasteiger partial charge in [0, 0.05) is 29.6 Å². The standard InChI is InChI=1S/C16H15ClN2O/c1-19(9-12-6-7-20-11-12)10-14-8-13-4-2-3-5-15(13)18-16(14)17/h2-8,11H,9-10H2,1H3. The molecule has 0 bridgehead atoms. The Balaban J connectivity index is 1.81. The fraction of sp³-hybridized carbons (Fsp3) is 0.188. The molecule has 0 fully saturated rings. The first-order valence-corrected chi connectivity index (χ1v) is 6.84. The Morgan fingerprint density at radius 1 is 1.20 bits per heavy atom. The molecule has 0 aliphatic heterocycles. The highest BCUT2D eigenvalue weighted by molar-refractivity contribution is 6.30. The first-order chi connectivity index (χ1) is 9.72. The van der Waals surface area contributed by atoms with E-state index in [-0.39, 0.29) is 0 Å². The third-order valence-corrected chi connectivity index (χ3v) is 3.55. The van der Waals surface area contributed by atoms with Gasteiger partial charge in [0.05, 0.1) is 18.0 Å². The van der Waals surface area contributed by atoms with Crippen molar-refractivity contribution in [2.75, 3.05) is 7.05 Å². The van der Waals surface area contributed by atoms with Crippen molar-refractivity contribution in [3.05, 3.63) is 65.2 Å². The third kappa shape index (κ3) is 2.84. The second-order valence-corrected chi connectivity index (χ2v) is 5.29. The Labute approximate surface area is 122 Å². The molecule has 3 aromatic rings. The van der Waals surface area contributed by atoms with E-state index in [1.165, 1.54) is 0 Å². The van der Waals surface area contributed by atoms with Crippen molar-refractivity contribution in [3.63, 3.8) is 0 Å². The van der Waals surface area contributed by atoms with Crippen LogP contribution in [0, 0.1) is 0 Å². The molecule has 0 aliphatic carbocycles. The topological polar surface area (TPSA) is 29.3 Å². The van der Waals surface area contributed by atoms with Crippen LogP contribution in [-0.2, 0) is 13.1 Å². The molecule has 102 valence electrons. The average molecular weight is 287 g/mol. The SMILES string of the molecule is CN(Cc1ccoc1)Cc1cc2ccccc2nc1Cl. The predicted octanol–water partition coefficient (Wildman–Crippen LogP) is 4.11. The molecule has 0 unspecified atom stereocenters. The molecule has 20 heavy (non-hydrogen) atoms. The van der Waals surface area contributed by atoms with Crippen molar-refractivity contribution in [1.82, 2.24) is 9.88 Å². The number of aromatic nitrogens is 1. The molecule has 2 aromatic heterocycles. The van der Waals surface area contributed by atoms with E-state index >= 15 is 0 Å². The summed E-state index contributed by atoms with van der Waals surface area (Å²) in [6.07, 6.45) is 3.45. The second-order valence-electron chi connectivity index (χ2n) is 4.93. The van der Waals surface area contributed by atoms with Crippen LogP contribution in [0.5, 0.6) is 0 Å². The van der Waals surface area contributed by atoms with E-state index in [4.69, 9.17) is 16.0 Å². The van der Waals surface area contributed by atoms with Crippen molar-refractivity contribution < 1.29 is 4.42 Å². The molecule has 0 spiro atoms. The number of benzene rings is 1. The number of rotatable bonds is 4. The molecule has 1 aromatic carbocycles. The van der Waals surface area contributed by atoms with Crippen LogP contribution in [0.15, 0.2) is 53.3 Å². The first-order valence-electron chi connectivity index (χ1n) is 6.46. The van der Waals surface area contributed by atoms with Crippen molar-refractivity contribution in [2.45, 2.75) is 13.1 Å². The summed E-state index contributed by atoms with van der Waals surface area (Å²) in [7, 11) is 2.05. The molecular weight excluding hydrogens is 272 g/mol. The van der Waals surface area contributed by atoms with Gasteiger partial charge in [-0.15, -0.1) is 0 Å². The molecule has 0 aliphatic rings. The summed E-state index contributed by atoms with van der Waals surface area (Å²) < 4.78 is 5.08. The zero-order chi connectivity index (χ0) is 13.9. The van der Waals surface area contributed by atoms with Crippen LogP contribution < -0.4 is 0 Å². The number of hydrogen-bond acceptors (Lipinski definition) is 3. The van der Waals surface area contributed by atoms with E-state index in [1.807, 2.05) is 24.3 Å². The minimum Gasteiger partial charge on any atom is -0.472 e. The summed E-state index contributed by atoms with van der Waals surface area (Å²) in [6.45, 7) is 1.57. The summed E-state index contributed by atoms with van der Waals surface area (Å²) in [5, 5.41) is 1.69. The van der Waals surface area contributed by atoms with Crippen molar-refractivity contribution in [2.24, 2.45) is 0 Å². The molecule has 2 heterocycles. The van der Waals surface area contributed by atoms with Gasteiger partial charge in [-0.1, -0.05) is 29.8 Å². The predicted molar refractivity (Wildman–Crippen MR) is 80.6 cm³/mol. The number of para-hydroxylation sites is 1. The van der Waals surface area contributed by atoms with Gasteiger partial charge in [-0.25, -0.2) is 4.98 Å². The number of halogens is 1. The molecule has 4 heteroatoms. The fourth-order valence-electron chi connectivity index (χ4n) is 2.29. The zero-order valence-corrected chi connectivity index (χ0v) is 12.0. The Morgan fingerprint density at radius 2 is 2.05 bits per heavy atom. The Morgan fingerprint density at radius 3 is 2.85 bits per heavy atom. The molecule has 0 saturated heterocycles. The van der Waals surface area contributed by atoms with Crippen LogP contribution in [-0.4, -0.2) is 16.9 Å². The van der Waals surface area contributed by atoms with Crippen LogP contribution >= 0.6 is 11.6 Å². The smallest absolute Gasteiger partial charge is 0.134 e. The van der Waals surface area contributed by atoms with E-state index in [9.17, 15) is 0 Å². The van der Waals surface area contributed by atoms with E-state index in [0.717, 1.165) is 35.1 Å². The summed E-state index contributed by atoms with van der Waals surface area (Å²) in [6, 6.07) is 12.1. The molecule has 0 amide bonds. The minimum atomic E-state index is 0.572. The summed E-state index contributed by atoms with van der Waals surface area (Å²) in [5.74, 6) is 0. The fourth-order valence-corrected chi connectivity index (χ4v) is 2.49. The summed E-state index contributed by atoms with van der Waals surface area (Å²) in [5.41, 5.74) is 3.12. The van der Waals surface area contributed by atoms with Crippen molar-refractivity contribution >= 4 is 22.5 Å². The largest absolute Gasteiger partial charge is 0.472 e. The summed E-state index contributed by atoms with van der Waals surface area (Å²) in [4.78, 5) is 6.63. The third-order valence-electron chi connectivity index (χ3n) is 3.22. The Kier molecular flexibility index (Phi) is 3.72. The van der Waals surface area contributed by atoms with Gasteiger partial charge >= 0.3 is 0 Å². The van der Waals surface area contributed by atoms with E-state index in [0.29, 0.717) is 5.15 Å². The molecule has 3 nitrogen and oxygen atoms in total.